The average Bonchev–Trinajstić information content (AvgIpc) is 2.39. The molecule has 3 rings (SSSR count). The zero-order valence-electron chi connectivity index (χ0n) is 9.89. The maximum Gasteiger partial charge on any atom is 0.224 e. The number of carbonyl (C=O) groups excluding carboxylic acids is 1. The molecule has 6 heteroatoms. The normalized spacial score (nSPS) is 13.6. The van der Waals surface area contributed by atoms with Crippen molar-refractivity contribution in [3.63, 3.8) is 0 Å². The van der Waals surface area contributed by atoms with Gasteiger partial charge in [0.25, 0.3) is 0 Å². The standard InChI is InChI=1S/C13H10BrN3O2/c14-11-6-13(16-7-15-11)19-9-2-3-10-8(5-9)1-4-12(18)17-10/h2-3,5-7H,1,4H2,(H,17,18). The van der Waals surface area contributed by atoms with Crippen LogP contribution >= 0.6 is 15.9 Å². The number of hydrogen-bond donors (Lipinski definition) is 1. The summed E-state index contributed by atoms with van der Waals surface area (Å²) in [5.74, 6) is 1.23. The van der Waals surface area contributed by atoms with Crippen LogP contribution in [0.5, 0.6) is 11.6 Å². The van der Waals surface area contributed by atoms with Gasteiger partial charge in [-0.3, -0.25) is 4.79 Å². The third-order valence-corrected chi connectivity index (χ3v) is 3.24. The van der Waals surface area contributed by atoms with Crippen molar-refractivity contribution in [3.8, 4) is 11.6 Å². The lowest BCUT2D eigenvalue weighted by molar-refractivity contribution is -0.116. The van der Waals surface area contributed by atoms with Crippen LogP contribution in [0, 0.1) is 0 Å². The molecule has 1 aliphatic rings. The van der Waals surface area contributed by atoms with Gasteiger partial charge in [-0.2, -0.15) is 0 Å². The number of benzene rings is 1. The lowest BCUT2D eigenvalue weighted by Crippen LogP contribution is -2.18. The number of nitrogens with one attached hydrogen (secondary N) is 1. The Balaban J connectivity index is 1.85. The highest BCUT2D eigenvalue weighted by Crippen LogP contribution is 2.29. The second kappa shape index (κ2) is 4.97. The number of amides is 1. The lowest BCUT2D eigenvalue weighted by atomic mass is 10.0. The van der Waals surface area contributed by atoms with Crippen molar-refractivity contribution in [1.29, 1.82) is 0 Å². The molecule has 0 radical (unpaired) electrons. The third kappa shape index (κ3) is 2.73. The minimum absolute atomic E-state index is 0.0564. The van der Waals surface area contributed by atoms with Crippen LogP contribution in [-0.2, 0) is 11.2 Å². The van der Waals surface area contributed by atoms with E-state index in [2.05, 4.69) is 31.2 Å². The van der Waals surface area contributed by atoms with Crippen molar-refractivity contribution < 1.29 is 9.53 Å². The highest BCUT2D eigenvalue weighted by Gasteiger charge is 2.15. The summed E-state index contributed by atoms with van der Waals surface area (Å²) in [6.45, 7) is 0. The minimum Gasteiger partial charge on any atom is -0.439 e. The van der Waals surface area contributed by atoms with E-state index in [9.17, 15) is 4.79 Å². The van der Waals surface area contributed by atoms with E-state index in [4.69, 9.17) is 4.74 Å². The zero-order chi connectivity index (χ0) is 13.2. The van der Waals surface area contributed by atoms with Crippen LogP contribution < -0.4 is 10.1 Å². The highest BCUT2D eigenvalue weighted by molar-refractivity contribution is 9.10. The van der Waals surface area contributed by atoms with Crippen LogP contribution in [0.15, 0.2) is 35.2 Å². The molecule has 96 valence electrons. The molecule has 0 bridgehead atoms. The average molecular weight is 320 g/mol. The Labute approximate surface area is 118 Å². The van der Waals surface area contributed by atoms with Gasteiger partial charge in [0.15, 0.2) is 0 Å². The van der Waals surface area contributed by atoms with E-state index in [0.717, 1.165) is 17.7 Å². The zero-order valence-corrected chi connectivity index (χ0v) is 11.5. The number of ether oxygens (including phenoxy) is 1. The van der Waals surface area contributed by atoms with E-state index in [1.807, 2.05) is 12.1 Å². The summed E-state index contributed by atoms with van der Waals surface area (Å²) in [5, 5.41) is 2.83. The number of carbonyl (C=O) groups is 1. The molecule has 0 atom stereocenters. The predicted molar refractivity (Wildman–Crippen MR) is 73.2 cm³/mol. The van der Waals surface area contributed by atoms with Gasteiger partial charge < -0.3 is 10.1 Å². The molecule has 1 aromatic carbocycles. The summed E-state index contributed by atoms with van der Waals surface area (Å²) in [6, 6.07) is 7.27. The van der Waals surface area contributed by atoms with Crippen molar-refractivity contribution in [2.45, 2.75) is 12.8 Å². The Morgan fingerprint density at radius 2 is 2.11 bits per heavy atom. The van der Waals surface area contributed by atoms with Gasteiger partial charge in [-0.15, -0.1) is 0 Å². The molecule has 1 N–H and O–H groups in total. The van der Waals surface area contributed by atoms with Crippen LogP contribution in [-0.4, -0.2) is 15.9 Å². The van der Waals surface area contributed by atoms with Crippen molar-refractivity contribution in [2.75, 3.05) is 5.32 Å². The van der Waals surface area contributed by atoms with Gasteiger partial charge in [-0.05, 0) is 46.1 Å². The summed E-state index contributed by atoms with van der Waals surface area (Å²) < 4.78 is 6.33. The number of fused-ring (bicyclic) bond motifs is 1. The maximum atomic E-state index is 11.3. The Bertz CT molecular complexity index is 646. The second-order valence-electron chi connectivity index (χ2n) is 4.15. The first kappa shape index (κ1) is 12.1. The quantitative estimate of drug-likeness (QED) is 0.864. The number of aryl methyl sites for hydroxylation is 1. The highest BCUT2D eigenvalue weighted by atomic mass is 79.9. The van der Waals surface area contributed by atoms with Gasteiger partial charge in [0, 0.05) is 18.2 Å². The van der Waals surface area contributed by atoms with Gasteiger partial charge >= 0.3 is 0 Å². The summed E-state index contributed by atoms with van der Waals surface area (Å²) in [6.07, 6.45) is 2.67. The first-order chi connectivity index (χ1) is 9.20. The molecule has 1 amide bonds. The molecule has 1 aromatic heterocycles. The molecule has 19 heavy (non-hydrogen) atoms. The minimum atomic E-state index is 0.0564. The molecule has 0 fully saturated rings. The molecule has 1 aliphatic heterocycles. The van der Waals surface area contributed by atoms with E-state index in [0.29, 0.717) is 22.7 Å². The van der Waals surface area contributed by atoms with Crippen molar-refractivity contribution >= 4 is 27.5 Å². The summed E-state index contributed by atoms with van der Waals surface area (Å²) in [4.78, 5) is 19.2. The monoisotopic (exact) mass is 319 g/mol. The Morgan fingerprint density at radius 1 is 1.21 bits per heavy atom. The molecule has 0 saturated heterocycles. The summed E-state index contributed by atoms with van der Waals surface area (Å²) in [7, 11) is 0. The van der Waals surface area contributed by atoms with Gasteiger partial charge in [0.05, 0.1) is 0 Å². The SMILES string of the molecule is O=C1CCc2cc(Oc3cc(Br)ncn3)ccc2N1. The lowest BCUT2D eigenvalue weighted by Gasteiger charge is -2.17. The summed E-state index contributed by atoms with van der Waals surface area (Å²) in [5.41, 5.74) is 1.93. The molecule has 2 heterocycles. The molecule has 0 aliphatic carbocycles. The van der Waals surface area contributed by atoms with Crippen molar-refractivity contribution in [2.24, 2.45) is 0 Å². The van der Waals surface area contributed by atoms with Crippen LogP contribution in [0.3, 0.4) is 0 Å². The fourth-order valence-electron chi connectivity index (χ4n) is 1.92. The molecule has 0 spiro atoms. The number of rotatable bonds is 2. The Hall–Kier alpha value is -1.95. The van der Waals surface area contributed by atoms with Crippen LogP contribution in [0.2, 0.25) is 0 Å². The van der Waals surface area contributed by atoms with Crippen LogP contribution in [0.4, 0.5) is 5.69 Å². The fraction of sp³-hybridized carbons (Fsp3) is 0.154. The van der Waals surface area contributed by atoms with Crippen LogP contribution in [0.25, 0.3) is 0 Å². The second-order valence-corrected chi connectivity index (χ2v) is 4.96. The summed E-state index contributed by atoms with van der Waals surface area (Å²) >= 11 is 3.26. The van der Waals surface area contributed by atoms with E-state index < -0.39 is 0 Å². The predicted octanol–water partition coefficient (Wildman–Crippen LogP) is 2.92. The molecular formula is C13H10BrN3O2. The van der Waals surface area contributed by atoms with E-state index in [1.54, 1.807) is 12.1 Å². The number of nitrogens with zero attached hydrogens (tertiary/aromatic N) is 2. The van der Waals surface area contributed by atoms with E-state index >= 15 is 0 Å². The van der Waals surface area contributed by atoms with Gasteiger partial charge in [0.2, 0.25) is 11.8 Å². The molecule has 5 nitrogen and oxygen atoms in total. The Morgan fingerprint density at radius 3 is 2.95 bits per heavy atom. The smallest absolute Gasteiger partial charge is 0.224 e. The maximum absolute atomic E-state index is 11.3. The fourth-order valence-corrected chi connectivity index (χ4v) is 2.20. The van der Waals surface area contributed by atoms with Gasteiger partial charge in [-0.1, -0.05) is 0 Å². The Kier molecular flexibility index (Phi) is 3.16. The van der Waals surface area contributed by atoms with Crippen molar-refractivity contribution in [3.05, 3.63) is 40.8 Å². The molecule has 0 saturated carbocycles. The number of hydrogen-bond acceptors (Lipinski definition) is 4. The molecule has 2 aromatic rings. The van der Waals surface area contributed by atoms with Crippen molar-refractivity contribution in [1.82, 2.24) is 9.97 Å². The van der Waals surface area contributed by atoms with Gasteiger partial charge in [0.1, 0.15) is 16.7 Å². The largest absolute Gasteiger partial charge is 0.439 e. The number of halogens is 1. The molecular weight excluding hydrogens is 310 g/mol. The number of anilines is 1. The van der Waals surface area contributed by atoms with E-state index in [-0.39, 0.29) is 5.91 Å². The molecule has 0 unspecified atom stereocenters. The topological polar surface area (TPSA) is 64.1 Å². The first-order valence-electron chi connectivity index (χ1n) is 5.79. The number of aromatic nitrogens is 2. The third-order valence-electron chi connectivity index (χ3n) is 2.80. The van der Waals surface area contributed by atoms with Crippen LogP contribution in [0.1, 0.15) is 12.0 Å². The van der Waals surface area contributed by atoms with Gasteiger partial charge in [-0.25, -0.2) is 9.97 Å². The van der Waals surface area contributed by atoms with E-state index in [1.165, 1.54) is 6.33 Å². The first-order valence-corrected chi connectivity index (χ1v) is 6.58.